The van der Waals surface area contributed by atoms with Gasteiger partial charge >= 0.3 is 5.97 Å². The SMILES string of the molecule is CCOC(=O)C1C=NN2C(OCCO)CC(C3CCCCC3)NC12. The highest BCUT2D eigenvalue weighted by Gasteiger charge is 2.46. The van der Waals surface area contributed by atoms with Crippen LogP contribution in [0.4, 0.5) is 0 Å². The summed E-state index contributed by atoms with van der Waals surface area (Å²) in [7, 11) is 0. The van der Waals surface area contributed by atoms with Gasteiger partial charge in [0.2, 0.25) is 0 Å². The van der Waals surface area contributed by atoms with Gasteiger partial charge in [0.15, 0.2) is 0 Å². The van der Waals surface area contributed by atoms with Crippen LogP contribution in [0, 0.1) is 11.8 Å². The molecule has 7 nitrogen and oxygen atoms in total. The van der Waals surface area contributed by atoms with Gasteiger partial charge in [0.05, 0.1) is 19.8 Å². The van der Waals surface area contributed by atoms with Crippen molar-refractivity contribution in [2.24, 2.45) is 16.9 Å². The number of carbonyl (C=O) groups excluding carboxylic acids is 1. The number of carbonyl (C=O) groups is 1. The van der Waals surface area contributed by atoms with E-state index >= 15 is 0 Å². The van der Waals surface area contributed by atoms with Crippen molar-refractivity contribution in [1.29, 1.82) is 0 Å². The summed E-state index contributed by atoms with van der Waals surface area (Å²) >= 11 is 0. The minimum Gasteiger partial charge on any atom is -0.465 e. The Kier molecular flexibility index (Phi) is 6.08. The fourth-order valence-electron chi connectivity index (χ4n) is 4.14. The van der Waals surface area contributed by atoms with Crippen LogP contribution in [0.3, 0.4) is 0 Å². The summed E-state index contributed by atoms with van der Waals surface area (Å²) in [6, 6.07) is 0.314. The lowest BCUT2D eigenvalue weighted by Crippen LogP contribution is -2.62. The van der Waals surface area contributed by atoms with E-state index in [2.05, 4.69) is 10.4 Å². The van der Waals surface area contributed by atoms with E-state index in [1.807, 2.05) is 11.9 Å². The molecule has 2 aliphatic heterocycles. The number of nitrogens with one attached hydrogen (secondary N) is 1. The van der Waals surface area contributed by atoms with Gasteiger partial charge in [0.25, 0.3) is 0 Å². The summed E-state index contributed by atoms with van der Waals surface area (Å²) in [5, 5.41) is 19.0. The topological polar surface area (TPSA) is 83.4 Å². The normalized spacial score (nSPS) is 33.5. The van der Waals surface area contributed by atoms with Crippen LogP contribution in [0.15, 0.2) is 5.10 Å². The molecule has 2 N–H and O–H groups in total. The molecular formula is C17H29N3O4. The van der Waals surface area contributed by atoms with E-state index in [1.165, 1.54) is 32.1 Å². The first-order valence-corrected chi connectivity index (χ1v) is 9.22. The van der Waals surface area contributed by atoms with E-state index < -0.39 is 5.92 Å². The second kappa shape index (κ2) is 8.27. The number of hydrazone groups is 1. The van der Waals surface area contributed by atoms with E-state index in [0.29, 0.717) is 18.6 Å². The Morgan fingerprint density at radius 2 is 2.17 bits per heavy atom. The van der Waals surface area contributed by atoms with Crippen LogP contribution in [0.2, 0.25) is 0 Å². The highest BCUT2D eigenvalue weighted by Crippen LogP contribution is 2.35. The molecule has 0 aromatic rings. The predicted molar refractivity (Wildman–Crippen MR) is 89.2 cm³/mol. The van der Waals surface area contributed by atoms with Crippen molar-refractivity contribution < 1.29 is 19.4 Å². The van der Waals surface area contributed by atoms with Gasteiger partial charge in [-0.15, -0.1) is 0 Å². The molecule has 0 radical (unpaired) electrons. The van der Waals surface area contributed by atoms with E-state index in [4.69, 9.17) is 14.6 Å². The van der Waals surface area contributed by atoms with Gasteiger partial charge in [-0.2, -0.15) is 5.10 Å². The van der Waals surface area contributed by atoms with Crippen LogP contribution in [0.25, 0.3) is 0 Å². The molecule has 3 rings (SSSR count). The second-order valence-electron chi connectivity index (χ2n) is 6.82. The lowest BCUT2D eigenvalue weighted by atomic mass is 9.81. The third kappa shape index (κ3) is 3.73. The Balaban J connectivity index is 1.72. The fraction of sp³-hybridized carbons (Fsp3) is 0.882. The lowest BCUT2D eigenvalue weighted by Gasteiger charge is -2.45. The van der Waals surface area contributed by atoms with Crippen molar-refractivity contribution in [2.45, 2.75) is 63.9 Å². The summed E-state index contributed by atoms with van der Waals surface area (Å²) < 4.78 is 11.0. The summed E-state index contributed by atoms with van der Waals surface area (Å²) in [6.45, 7) is 2.45. The molecule has 7 heteroatoms. The molecule has 2 fully saturated rings. The maximum absolute atomic E-state index is 12.2. The van der Waals surface area contributed by atoms with Crippen LogP contribution in [0.5, 0.6) is 0 Å². The zero-order valence-corrected chi connectivity index (χ0v) is 14.4. The molecule has 0 bridgehead atoms. The second-order valence-corrected chi connectivity index (χ2v) is 6.82. The maximum atomic E-state index is 12.2. The molecule has 4 atom stereocenters. The number of aliphatic hydroxyl groups excluding tert-OH is 1. The van der Waals surface area contributed by atoms with Crippen LogP contribution in [-0.4, -0.2) is 60.6 Å². The first kappa shape index (κ1) is 17.6. The van der Waals surface area contributed by atoms with Crippen molar-refractivity contribution in [1.82, 2.24) is 10.3 Å². The number of ether oxygens (including phenoxy) is 2. The van der Waals surface area contributed by atoms with Crippen molar-refractivity contribution in [3.8, 4) is 0 Å². The molecule has 2 heterocycles. The quantitative estimate of drug-likeness (QED) is 0.705. The zero-order valence-electron chi connectivity index (χ0n) is 14.4. The number of aliphatic hydroxyl groups is 1. The smallest absolute Gasteiger partial charge is 0.318 e. The molecule has 1 aliphatic carbocycles. The number of fused-ring (bicyclic) bond motifs is 1. The minimum absolute atomic E-state index is 0.0124. The third-order valence-corrected chi connectivity index (χ3v) is 5.30. The van der Waals surface area contributed by atoms with Crippen LogP contribution in [-0.2, 0) is 14.3 Å². The van der Waals surface area contributed by atoms with Crippen molar-refractivity contribution in [2.75, 3.05) is 19.8 Å². The van der Waals surface area contributed by atoms with Crippen LogP contribution in [0.1, 0.15) is 45.4 Å². The molecule has 0 amide bonds. The van der Waals surface area contributed by atoms with Gasteiger partial charge in [0.1, 0.15) is 18.3 Å². The summed E-state index contributed by atoms with van der Waals surface area (Å²) in [5.41, 5.74) is 0. The maximum Gasteiger partial charge on any atom is 0.318 e. The van der Waals surface area contributed by atoms with Crippen LogP contribution < -0.4 is 5.32 Å². The van der Waals surface area contributed by atoms with Crippen molar-refractivity contribution >= 4 is 12.2 Å². The third-order valence-electron chi connectivity index (χ3n) is 5.30. The number of hydrogen-bond acceptors (Lipinski definition) is 7. The number of rotatable bonds is 6. The van der Waals surface area contributed by atoms with Gasteiger partial charge in [-0.25, -0.2) is 0 Å². The van der Waals surface area contributed by atoms with Crippen molar-refractivity contribution in [3.05, 3.63) is 0 Å². The van der Waals surface area contributed by atoms with E-state index in [9.17, 15) is 4.79 Å². The first-order chi connectivity index (χ1) is 11.7. The lowest BCUT2D eigenvalue weighted by molar-refractivity contribution is -0.156. The van der Waals surface area contributed by atoms with Gasteiger partial charge in [0, 0.05) is 18.7 Å². The van der Waals surface area contributed by atoms with Gasteiger partial charge in [-0.3, -0.25) is 15.1 Å². The summed E-state index contributed by atoms with van der Waals surface area (Å²) in [5.74, 6) is -0.0346. The Morgan fingerprint density at radius 1 is 1.38 bits per heavy atom. The summed E-state index contributed by atoms with van der Waals surface area (Å²) in [6.07, 6.45) is 8.39. The Bertz CT molecular complexity index is 453. The molecule has 4 unspecified atom stereocenters. The Morgan fingerprint density at radius 3 is 2.88 bits per heavy atom. The standard InChI is InChI=1S/C17H29N3O4/c1-2-23-17(22)13-11-18-20-15(24-9-8-21)10-14(19-16(13)20)12-6-4-3-5-7-12/h11-16,19,21H,2-10H2,1H3. The number of hydrogen-bond donors (Lipinski definition) is 2. The summed E-state index contributed by atoms with van der Waals surface area (Å²) in [4.78, 5) is 12.2. The van der Waals surface area contributed by atoms with Gasteiger partial charge < -0.3 is 14.6 Å². The van der Waals surface area contributed by atoms with E-state index in [0.717, 1.165) is 6.42 Å². The largest absolute Gasteiger partial charge is 0.465 e. The minimum atomic E-state index is -0.406. The predicted octanol–water partition coefficient (Wildman–Crippen LogP) is 1.07. The molecule has 0 aromatic carbocycles. The molecule has 1 saturated heterocycles. The van der Waals surface area contributed by atoms with E-state index in [-0.39, 0.29) is 31.6 Å². The Labute approximate surface area is 143 Å². The molecule has 3 aliphatic rings. The molecule has 24 heavy (non-hydrogen) atoms. The molecule has 136 valence electrons. The molecule has 1 saturated carbocycles. The molecule has 0 aromatic heterocycles. The van der Waals surface area contributed by atoms with Crippen molar-refractivity contribution in [3.63, 3.8) is 0 Å². The first-order valence-electron chi connectivity index (χ1n) is 9.22. The highest BCUT2D eigenvalue weighted by molar-refractivity contribution is 5.91. The molecule has 0 spiro atoms. The Hall–Kier alpha value is -1.18. The fourth-order valence-corrected chi connectivity index (χ4v) is 4.14. The average Bonchev–Trinajstić information content (AvgIpc) is 3.04. The monoisotopic (exact) mass is 339 g/mol. The van der Waals surface area contributed by atoms with Gasteiger partial charge in [-0.05, 0) is 25.7 Å². The van der Waals surface area contributed by atoms with Crippen LogP contribution >= 0.6 is 0 Å². The highest BCUT2D eigenvalue weighted by atomic mass is 16.5. The zero-order chi connectivity index (χ0) is 16.9. The number of esters is 1. The average molecular weight is 339 g/mol. The molecular weight excluding hydrogens is 310 g/mol. The van der Waals surface area contributed by atoms with E-state index in [1.54, 1.807) is 6.21 Å². The number of nitrogens with zero attached hydrogens (tertiary/aromatic N) is 2. The van der Waals surface area contributed by atoms with Gasteiger partial charge in [-0.1, -0.05) is 19.3 Å².